The van der Waals surface area contributed by atoms with Crippen LogP contribution in [-0.4, -0.2) is 74.1 Å². The highest BCUT2D eigenvalue weighted by molar-refractivity contribution is 5.63. The molecule has 0 unspecified atom stereocenters. The third-order valence-electron chi connectivity index (χ3n) is 5.76. The zero-order valence-corrected chi connectivity index (χ0v) is 19.6. The summed E-state index contributed by atoms with van der Waals surface area (Å²) in [6, 6.07) is 8.62. The number of ether oxygens (including phenoxy) is 2. The number of benzene rings is 1. The number of anilines is 2. The summed E-state index contributed by atoms with van der Waals surface area (Å²) >= 11 is 0. The van der Waals surface area contributed by atoms with Gasteiger partial charge in [-0.25, -0.2) is 9.97 Å². The van der Waals surface area contributed by atoms with Crippen molar-refractivity contribution < 1.29 is 9.47 Å². The van der Waals surface area contributed by atoms with Crippen LogP contribution in [0.5, 0.6) is 0 Å². The Balaban J connectivity index is 1.68. The molecule has 0 radical (unpaired) electrons. The molecule has 31 heavy (non-hydrogen) atoms. The maximum atomic E-state index is 5.63. The van der Waals surface area contributed by atoms with Gasteiger partial charge in [-0.2, -0.15) is 0 Å². The summed E-state index contributed by atoms with van der Waals surface area (Å²) < 4.78 is 11.3. The molecule has 1 aromatic heterocycles. The van der Waals surface area contributed by atoms with Crippen molar-refractivity contribution in [3.05, 3.63) is 35.5 Å². The van der Waals surface area contributed by atoms with Gasteiger partial charge in [-0.1, -0.05) is 0 Å². The Kier molecular flexibility index (Phi) is 8.63. The third kappa shape index (κ3) is 6.38. The van der Waals surface area contributed by atoms with E-state index in [1.54, 1.807) is 0 Å². The maximum absolute atomic E-state index is 5.63. The highest BCUT2D eigenvalue weighted by Crippen LogP contribution is 2.25. The maximum Gasteiger partial charge on any atom is 0.161 e. The number of nitrogens with one attached hydrogen (secondary N) is 1. The molecule has 1 fully saturated rings. The zero-order chi connectivity index (χ0) is 22.2. The molecule has 2 heterocycles. The number of likely N-dealkylation sites (N-methyl/N-ethyl adjacent to an activating group) is 1. The van der Waals surface area contributed by atoms with Crippen LogP contribution in [0.3, 0.4) is 0 Å². The van der Waals surface area contributed by atoms with Crippen LogP contribution in [0.25, 0.3) is 11.4 Å². The lowest BCUT2D eigenvalue weighted by molar-refractivity contribution is -0.137. The highest BCUT2D eigenvalue weighted by Gasteiger charge is 2.15. The van der Waals surface area contributed by atoms with Crippen molar-refractivity contribution in [2.75, 3.05) is 63.2 Å². The SMILES string of the molecule is CCOC(CCNc1nc(-c2ccc(N3CCN(C)CC3)cc2)nc(C)c1C)OCC. The average Bonchev–Trinajstić information content (AvgIpc) is 2.77. The number of piperazine rings is 1. The smallest absolute Gasteiger partial charge is 0.161 e. The molecule has 0 bridgehead atoms. The molecule has 1 aliphatic rings. The van der Waals surface area contributed by atoms with E-state index in [1.807, 2.05) is 20.8 Å². The molecule has 1 aliphatic heterocycles. The molecule has 0 spiro atoms. The third-order valence-corrected chi connectivity index (χ3v) is 5.76. The molecular weight excluding hydrogens is 390 g/mol. The van der Waals surface area contributed by atoms with Crippen molar-refractivity contribution in [1.82, 2.24) is 14.9 Å². The van der Waals surface area contributed by atoms with Gasteiger partial charge in [0.05, 0.1) is 0 Å². The Hall–Kier alpha value is -2.22. The van der Waals surface area contributed by atoms with Gasteiger partial charge in [0, 0.05) is 74.9 Å². The van der Waals surface area contributed by atoms with Gasteiger partial charge in [-0.15, -0.1) is 0 Å². The van der Waals surface area contributed by atoms with Gasteiger partial charge in [0.15, 0.2) is 12.1 Å². The number of hydrogen-bond donors (Lipinski definition) is 1. The largest absolute Gasteiger partial charge is 0.370 e. The van der Waals surface area contributed by atoms with Gasteiger partial charge in [-0.3, -0.25) is 0 Å². The number of nitrogens with zero attached hydrogens (tertiary/aromatic N) is 4. The summed E-state index contributed by atoms with van der Waals surface area (Å²) in [5, 5.41) is 3.45. The first-order valence-corrected chi connectivity index (χ1v) is 11.4. The normalized spacial score (nSPS) is 15.0. The van der Waals surface area contributed by atoms with Crippen LogP contribution in [-0.2, 0) is 9.47 Å². The van der Waals surface area contributed by atoms with Crippen LogP contribution in [0.4, 0.5) is 11.5 Å². The number of hydrogen-bond acceptors (Lipinski definition) is 7. The quantitative estimate of drug-likeness (QED) is 0.580. The van der Waals surface area contributed by atoms with Crippen molar-refractivity contribution in [1.29, 1.82) is 0 Å². The van der Waals surface area contributed by atoms with Gasteiger partial charge in [0.1, 0.15) is 5.82 Å². The van der Waals surface area contributed by atoms with Crippen molar-refractivity contribution >= 4 is 11.5 Å². The number of rotatable bonds is 10. The predicted molar refractivity (Wildman–Crippen MR) is 127 cm³/mol. The van der Waals surface area contributed by atoms with E-state index in [0.717, 1.165) is 67.6 Å². The standard InChI is InChI=1S/C24H37N5O2/c1-6-30-22(31-7-2)12-13-25-23-18(3)19(4)26-24(27-23)20-8-10-21(11-9-20)29-16-14-28(5)15-17-29/h8-11,22H,6-7,12-17H2,1-5H3,(H,25,26,27). The number of aryl methyl sites for hydroxylation is 1. The van der Waals surface area contributed by atoms with Crippen molar-refractivity contribution in [2.24, 2.45) is 0 Å². The van der Waals surface area contributed by atoms with Gasteiger partial charge >= 0.3 is 0 Å². The second kappa shape index (κ2) is 11.4. The molecule has 0 saturated carbocycles. The fourth-order valence-corrected chi connectivity index (χ4v) is 3.71. The molecule has 1 saturated heterocycles. The first-order valence-electron chi connectivity index (χ1n) is 11.4. The Morgan fingerprint density at radius 1 is 0.968 bits per heavy atom. The van der Waals surface area contributed by atoms with E-state index in [-0.39, 0.29) is 6.29 Å². The zero-order valence-electron chi connectivity index (χ0n) is 19.6. The van der Waals surface area contributed by atoms with Gasteiger partial charge in [-0.05, 0) is 59.0 Å². The number of aromatic nitrogens is 2. The van der Waals surface area contributed by atoms with E-state index in [1.165, 1.54) is 5.69 Å². The van der Waals surface area contributed by atoms with Crippen molar-refractivity contribution in [3.63, 3.8) is 0 Å². The van der Waals surface area contributed by atoms with Crippen LogP contribution in [0, 0.1) is 13.8 Å². The highest BCUT2D eigenvalue weighted by atomic mass is 16.7. The van der Waals surface area contributed by atoms with Crippen LogP contribution < -0.4 is 10.2 Å². The van der Waals surface area contributed by atoms with Crippen LogP contribution in [0.2, 0.25) is 0 Å². The monoisotopic (exact) mass is 427 g/mol. The lowest BCUT2D eigenvalue weighted by Gasteiger charge is -2.34. The van der Waals surface area contributed by atoms with Crippen LogP contribution in [0.15, 0.2) is 24.3 Å². The summed E-state index contributed by atoms with van der Waals surface area (Å²) in [7, 11) is 2.18. The van der Waals surface area contributed by atoms with Crippen molar-refractivity contribution in [2.45, 2.75) is 40.4 Å². The topological polar surface area (TPSA) is 62.8 Å². The average molecular weight is 428 g/mol. The fraction of sp³-hybridized carbons (Fsp3) is 0.583. The fourth-order valence-electron chi connectivity index (χ4n) is 3.71. The Labute approximate surface area is 186 Å². The molecular formula is C24H37N5O2. The molecule has 3 rings (SSSR count). The van der Waals surface area contributed by atoms with Crippen LogP contribution >= 0.6 is 0 Å². The second-order valence-electron chi connectivity index (χ2n) is 8.00. The van der Waals surface area contributed by atoms with Gasteiger partial charge in [0.2, 0.25) is 0 Å². The van der Waals surface area contributed by atoms with E-state index in [9.17, 15) is 0 Å². The molecule has 7 heteroatoms. The second-order valence-corrected chi connectivity index (χ2v) is 8.00. The van der Waals surface area contributed by atoms with Gasteiger partial charge in [0.25, 0.3) is 0 Å². The van der Waals surface area contributed by atoms with E-state index in [4.69, 9.17) is 19.4 Å². The summed E-state index contributed by atoms with van der Waals surface area (Å²) in [5.74, 6) is 1.62. The summed E-state index contributed by atoms with van der Waals surface area (Å²) in [4.78, 5) is 14.4. The Morgan fingerprint density at radius 3 is 2.23 bits per heavy atom. The van der Waals surface area contributed by atoms with E-state index < -0.39 is 0 Å². The van der Waals surface area contributed by atoms with Crippen molar-refractivity contribution in [3.8, 4) is 11.4 Å². The minimum atomic E-state index is -0.188. The molecule has 2 aromatic rings. The van der Waals surface area contributed by atoms with Crippen LogP contribution in [0.1, 0.15) is 31.5 Å². The lowest BCUT2D eigenvalue weighted by Crippen LogP contribution is -2.44. The molecule has 0 amide bonds. The Bertz CT molecular complexity index is 813. The summed E-state index contributed by atoms with van der Waals surface area (Å²) in [6.07, 6.45) is 0.575. The summed E-state index contributed by atoms with van der Waals surface area (Å²) in [5.41, 5.74) is 4.35. The minimum Gasteiger partial charge on any atom is -0.370 e. The molecule has 0 atom stereocenters. The molecule has 1 aromatic carbocycles. The van der Waals surface area contributed by atoms with E-state index in [2.05, 4.69) is 53.4 Å². The lowest BCUT2D eigenvalue weighted by atomic mass is 10.1. The molecule has 0 aliphatic carbocycles. The first kappa shape index (κ1) is 23.4. The molecule has 1 N–H and O–H groups in total. The van der Waals surface area contributed by atoms with E-state index >= 15 is 0 Å². The predicted octanol–water partition coefficient (Wildman–Crippen LogP) is 3.71. The molecule has 7 nitrogen and oxygen atoms in total. The first-order chi connectivity index (χ1) is 15.0. The Morgan fingerprint density at radius 2 is 1.61 bits per heavy atom. The van der Waals surface area contributed by atoms with Gasteiger partial charge < -0.3 is 24.6 Å². The molecule has 170 valence electrons. The van der Waals surface area contributed by atoms with E-state index in [0.29, 0.717) is 13.2 Å². The summed E-state index contributed by atoms with van der Waals surface area (Å²) in [6.45, 7) is 14.4. The minimum absolute atomic E-state index is 0.188.